The summed E-state index contributed by atoms with van der Waals surface area (Å²) < 4.78 is 23.5. The first-order chi connectivity index (χ1) is 24.5. The molecule has 0 aromatic heterocycles. The Morgan fingerprint density at radius 1 is 0.647 bits per heavy atom. The highest BCUT2D eigenvalue weighted by Crippen LogP contribution is 2.43. The van der Waals surface area contributed by atoms with Gasteiger partial charge in [0.1, 0.15) is 13.2 Å². The number of carbonyl (C=O) groups is 1. The monoisotopic (exact) mass is 746 g/mol. The van der Waals surface area contributed by atoms with Crippen molar-refractivity contribution in [2.24, 2.45) is 0 Å². The number of likely N-dealkylation sites (N-methyl/N-ethyl adjacent to an activating group) is 1. The van der Waals surface area contributed by atoms with Crippen LogP contribution in [0.5, 0.6) is 0 Å². The Bertz CT molecular complexity index is 850. The molecular weight excluding hydrogens is 659 g/mol. The summed E-state index contributed by atoms with van der Waals surface area (Å²) in [5, 5.41) is 13.9. The van der Waals surface area contributed by atoms with Crippen LogP contribution in [-0.2, 0) is 18.4 Å². The molecule has 0 saturated carbocycles. The van der Waals surface area contributed by atoms with Gasteiger partial charge in [0.15, 0.2) is 0 Å². The molecule has 8 nitrogen and oxygen atoms in total. The number of aliphatic hydroxyl groups is 1. The van der Waals surface area contributed by atoms with Gasteiger partial charge in [-0.2, -0.15) is 0 Å². The fourth-order valence-electron chi connectivity index (χ4n) is 6.28. The zero-order valence-electron chi connectivity index (χ0n) is 34.4. The summed E-state index contributed by atoms with van der Waals surface area (Å²) in [6.45, 7) is 4.85. The van der Waals surface area contributed by atoms with Crippen LogP contribution in [0, 0.1) is 0 Å². The van der Waals surface area contributed by atoms with Gasteiger partial charge in [0.25, 0.3) is 0 Å². The van der Waals surface area contributed by atoms with E-state index >= 15 is 0 Å². The number of aliphatic hydroxyl groups excluding tert-OH is 1. The van der Waals surface area contributed by atoms with E-state index in [9.17, 15) is 19.4 Å². The molecular formula is C42H86N2O6P+. The SMILES string of the molecule is CCCCCCC/C=C/CCCC[C@@H](O)[C@H](COP(=O)(O)OCC[N+](C)(C)C)NC(=O)CCCCCCCCCCCCCCCCCCCC. The average molecular weight is 746 g/mol. The molecule has 3 N–H and O–H groups in total. The zero-order chi connectivity index (χ0) is 37.9. The van der Waals surface area contributed by atoms with Gasteiger partial charge in [0.05, 0.1) is 39.9 Å². The van der Waals surface area contributed by atoms with E-state index in [1.165, 1.54) is 128 Å². The lowest BCUT2D eigenvalue weighted by molar-refractivity contribution is -0.870. The predicted molar refractivity (Wildman–Crippen MR) is 217 cm³/mol. The Morgan fingerprint density at radius 2 is 1.06 bits per heavy atom. The number of allylic oxidation sites excluding steroid dienone is 2. The van der Waals surface area contributed by atoms with Gasteiger partial charge in [-0.3, -0.25) is 13.8 Å². The molecule has 1 unspecified atom stereocenters. The van der Waals surface area contributed by atoms with E-state index in [1.807, 2.05) is 21.1 Å². The van der Waals surface area contributed by atoms with Crippen LogP contribution in [0.1, 0.15) is 200 Å². The second-order valence-electron chi connectivity index (χ2n) is 16.1. The normalized spacial score (nSPS) is 14.6. The molecule has 1 amide bonds. The molecule has 0 aliphatic rings. The van der Waals surface area contributed by atoms with E-state index in [4.69, 9.17) is 9.05 Å². The first kappa shape index (κ1) is 50.2. The average Bonchev–Trinajstić information content (AvgIpc) is 3.07. The minimum Gasteiger partial charge on any atom is -0.391 e. The summed E-state index contributed by atoms with van der Waals surface area (Å²) in [6, 6.07) is -0.769. The fourth-order valence-corrected chi connectivity index (χ4v) is 7.01. The van der Waals surface area contributed by atoms with Crippen LogP contribution in [-0.4, -0.2) is 73.4 Å². The van der Waals surface area contributed by atoms with Crippen molar-refractivity contribution < 1.29 is 32.9 Å². The third-order valence-corrected chi connectivity index (χ3v) is 10.7. The first-order valence-electron chi connectivity index (χ1n) is 21.6. The van der Waals surface area contributed by atoms with Crippen LogP contribution in [0.2, 0.25) is 0 Å². The molecule has 0 heterocycles. The molecule has 0 fully saturated rings. The van der Waals surface area contributed by atoms with Crippen molar-refractivity contribution in [3.63, 3.8) is 0 Å². The minimum absolute atomic E-state index is 0.0719. The Labute approximate surface area is 316 Å². The summed E-state index contributed by atoms with van der Waals surface area (Å²) >= 11 is 0. The van der Waals surface area contributed by atoms with Gasteiger partial charge in [0, 0.05) is 6.42 Å². The lowest BCUT2D eigenvalue weighted by Gasteiger charge is -2.26. The van der Waals surface area contributed by atoms with Crippen LogP contribution in [0.3, 0.4) is 0 Å². The first-order valence-corrected chi connectivity index (χ1v) is 23.0. The third-order valence-electron chi connectivity index (χ3n) is 9.76. The molecule has 0 bridgehead atoms. The Balaban J connectivity index is 4.33. The smallest absolute Gasteiger partial charge is 0.391 e. The van der Waals surface area contributed by atoms with E-state index in [1.54, 1.807) is 0 Å². The molecule has 0 aliphatic heterocycles. The predicted octanol–water partition coefficient (Wildman–Crippen LogP) is 11.6. The number of phosphoric ester groups is 1. The van der Waals surface area contributed by atoms with E-state index in [2.05, 4.69) is 31.3 Å². The van der Waals surface area contributed by atoms with Crippen molar-refractivity contribution in [2.75, 3.05) is 40.9 Å². The van der Waals surface area contributed by atoms with Crippen LogP contribution >= 0.6 is 7.82 Å². The highest BCUT2D eigenvalue weighted by Gasteiger charge is 2.28. The Hall–Kier alpha value is -0.760. The number of nitrogens with one attached hydrogen (secondary N) is 1. The van der Waals surface area contributed by atoms with Gasteiger partial charge in [-0.05, 0) is 38.5 Å². The standard InChI is InChI=1S/C42H85N2O6P/c1-6-8-10-12-14-16-18-19-20-21-22-23-24-26-28-30-32-34-36-42(46)43-40(39-50-51(47,48)49-38-37-44(3,4)5)41(45)35-33-31-29-27-25-17-15-13-11-9-7-2/h25,27,40-41,45H,6-24,26,28-39H2,1-5H3,(H-,43,46,47,48)/p+1/b27-25+/t40-,41+/m0/s1. The maximum absolute atomic E-state index is 12.8. The van der Waals surface area contributed by atoms with Crippen molar-refractivity contribution in [1.29, 1.82) is 0 Å². The van der Waals surface area contributed by atoms with Crippen molar-refractivity contribution in [3.8, 4) is 0 Å². The maximum atomic E-state index is 12.8. The molecule has 9 heteroatoms. The molecule has 0 aromatic carbocycles. The summed E-state index contributed by atoms with van der Waals surface area (Å²) in [7, 11) is 1.60. The highest BCUT2D eigenvalue weighted by atomic mass is 31.2. The largest absolute Gasteiger partial charge is 0.472 e. The number of unbranched alkanes of at least 4 members (excludes halogenated alkanes) is 24. The topological polar surface area (TPSA) is 105 Å². The van der Waals surface area contributed by atoms with Crippen molar-refractivity contribution in [3.05, 3.63) is 12.2 Å². The van der Waals surface area contributed by atoms with Gasteiger partial charge in [0.2, 0.25) is 5.91 Å². The molecule has 0 rings (SSSR count). The van der Waals surface area contributed by atoms with Gasteiger partial charge in [-0.1, -0.05) is 167 Å². The summed E-state index contributed by atoms with van der Waals surface area (Å²) in [5.74, 6) is -0.153. The number of carbonyl (C=O) groups excluding carboxylic acids is 1. The third kappa shape index (κ3) is 37.4. The van der Waals surface area contributed by atoms with Crippen molar-refractivity contribution in [1.82, 2.24) is 5.32 Å². The van der Waals surface area contributed by atoms with Crippen LogP contribution in [0.25, 0.3) is 0 Å². The van der Waals surface area contributed by atoms with Gasteiger partial charge >= 0.3 is 7.82 Å². The van der Waals surface area contributed by atoms with Crippen LogP contribution in [0.15, 0.2) is 12.2 Å². The lowest BCUT2D eigenvalue weighted by atomic mass is 10.0. The van der Waals surface area contributed by atoms with Gasteiger partial charge in [-0.25, -0.2) is 4.57 Å². The number of rotatable bonds is 39. The maximum Gasteiger partial charge on any atom is 0.472 e. The molecule has 51 heavy (non-hydrogen) atoms. The Morgan fingerprint density at radius 3 is 1.51 bits per heavy atom. The van der Waals surface area contributed by atoms with E-state index < -0.39 is 20.0 Å². The molecule has 3 atom stereocenters. The second kappa shape index (κ2) is 35.0. The molecule has 0 radical (unpaired) electrons. The van der Waals surface area contributed by atoms with Gasteiger partial charge in [-0.15, -0.1) is 0 Å². The number of nitrogens with zero attached hydrogens (tertiary/aromatic N) is 1. The van der Waals surface area contributed by atoms with E-state index in [0.29, 0.717) is 23.9 Å². The molecule has 0 aliphatic carbocycles. The van der Waals surface area contributed by atoms with Crippen LogP contribution < -0.4 is 5.32 Å². The van der Waals surface area contributed by atoms with Gasteiger partial charge < -0.3 is 19.8 Å². The minimum atomic E-state index is -4.31. The molecule has 0 aromatic rings. The number of quaternary nitrogens is 1. The number of amides is 1. The quantitative estimate of drug-likeness (QED) is 0.0250. The number of phosphoric acid groups is 1. The lowest BCUT2D eigenvalue weighted by Crippen LogP contribution is -2.46. The molecule has 0 spiro atoms. The molecule has 304 valence electrons. The zero-order valence-corrected chi connectivity index (χ0v) is 35.3. The Kier molecular flexibility index (Phi) is 34.5. The van der Waals surface area contributed by atoms with Crippen molar-refractivity contribution in [2.45, 2.75) is 212 Å². The number of hydrogen-bond acceptors (Lipinski definition) is 5. The van der Waals surface area contributed by atoms with Crippen molar-refractivity contribution >= 4 is 13.7 Å². The second-order valence-corrected chi connectivity index (χ2v) is 17.5. The summed E-state index contributed by atoms with van der Waals surface area (Å²) in [4.78, 5) is 23.1. The summed E-state index contributed by atoms with van der Waals surface area (Å²) in [6.07, 6.45) is 38.1. The highest BCUT2D eigenvalue weighted by molar-refractivity contribution is 7.47. The fraction of sp³-hybridized carbons (Fsp3) is 0.929. The van der Waals surface area contributed by atoms with E-state index in [-0.39, 0.29) is 19.1 Å². The molecule has 0 saturated heterocycles. The van der Waals surface area contributed by atoms with E-state index in [0.717, 1.165) is 44.9 Å². The number of hydrogen-bond donors (Lipinski definition) is 3. The summed E-state index contributed by atoms with van der Waals surface area (Å²) in [5.41, 5.74) is 0. The van der Waals surface area contributed by atoms with Crippen LogP contribution in [0.4, 0.5) is 0 Å².